The van der Waals surface area contributed by atoms with Gasteiger partial charge in [0.05, 0.1) is 32.0 Å². The van der Waals surface area contributed by atoms with Gasteiger partial charge in [0.1, 0.15) is 48.8 Å². The second-order valence-electron chi connectivity index (χ2n) is 12.3. The van der Waals surface area contributed by atoms with Crippen LogP contribution in [0.15, 0.2) is 36.5 Å². The Kier molecular flexibility index (Phi) is 20.8. The third-order valence-corrected chi connectivity index (χ3v) is 8.28. The molecule has 14 heteroatoms. The number of allylic oxidation sites excluding steroid dienone is 5. The summed E-state index contributed by atoms with van der Waals surface area (Å²) in [6.45, 7) is 2.28. The van der Waals surface area contributed by atoms with E-state index in [-0.39, 0.29) is 18.9 Å². The van der Waals surface area contributed by atoms with Gasteiger partial charge < -0.3 is 65.1 Å². The average molecular weight is 690 g/mol. The van der Waals surface area contributed by atoms with Crippen molar-refractivity contribution < 1.29 is 64.6 Å². The smallest absolute Gasteiger partial charge is 0.220 e. The standard InChI is InChI=1S/C34H59NO13/c1-3-5-6-7-8-9-10-11-12-13-14-15-16-18-23(38)22(35-26(39)17-4-2)21-45-33-31(44)29(42)32(25(20-37)47-33)48-34-30(43)28(41)27(40)24(19-36)46-34/h8-9,12-13,16,18,22-25,27-34,36-38,40-44H,3-7,10-11,14-15,17,19-21H2,1-2H3,(H,35,39)/b9-8+,13-12+,18-16+. The van der Waals surface area contributed by atoms with Crippen LogP contribution in [0.5, 0.6) is 0 Å². The fourth-order valence-corrected chi connectivity index (χ4v) is 5.36. The molecule has 48 heavy (non-hydrogen) atoms. The van der Waals surface area contributed by atoms with E-state index in [1.54, 1.807) is 12.2 Å². The minimum absolute atomic E-state index is 0.219. The molecule has 2 fully saturated rings. The normalized spacial score (nSPS) is 32.7. The molecule has 1 amide bonds. The summed E-state index contributed by atoms with van der Waals surface area (Å²) >= 11 is 0. The summed E-state index contributed by atoms with van der Waals surface area (Å²) < 4.78 is 22.2. The largest absolute Gasteiger partial charge is 0.394 e. The van der Waals surface area contributed by atoms with Gasteiger partial charge in [0.2, 0.25) is 5.91 Å². The van der Waals surface area contributed by atoms with Crippen molar-refractivity contribution in [2.75, 3.05) is 19.8 Å². The van der Waals surface area contributed by atoms with Crippen molar-refractivity contribution in [2.24, 2.45) is 0 Å². The van der Waals surface area contributed by atoms with E-state index in [2.05, 4.69) is 36.5 Å². The summed E-state index contributed by atoms with van der Waals surface area (Å²) in [5, 5.41) is 85.0. The molecule has 278 valence electrons. The van der Waals surface area contributed by atoms with Crippen LogP contribution < -0.4 is 5.32 Å². The van der Waals surface area contributed by atoms with Crippen LogP contribution in [-0.2, 0) is 23.7 Å². The Morgan fingerprint density at radius 3 is 1.92 bits per heavy atom. The van der Waals surface area contributed by atoms with Crippen LogP contribution in [0.25, 0.3) is 0 Å². The first-order valence-electron chi connectivity index (χ1n) is 17.2. The van der Waals surface area contributed by atoms with Crippen molar-refractivity contribution in [3.8, 4) is 0 Å². The number of ether oxygens (including phenoxy) is 4. The molecule has 2 rings (SSSR count). The van der Waals surface area contributed by atoms with E-state index in [0.717, 1.165) is 25.7 Å². The Morgan fingerprint density at radius 2 is 1.31 bits per heavy atom. The third-order valence-electron chi connectivity index (χ3n) is 8.28. The van der Waals surface area contributed by atoms with E-state index in [4.69, 9.17) is 18.9 Å². The maximum Gasteiger partial charge on any atom is 0.220 e. The maximum atomic E-state index is 12.4. The van der Waals surface area contributed by atoms with E-state index >= 15 is 0 Å². The minimum atomic E-state index is -1.79. The summed E-state index contributed by atoms with van der Waals surface area (Å²) in [5.74, 6) is -0.313. The fraction of sp³-hybridized carbons (Fsp3) is 0.794. The molecule has 9 N–H and O–H groups in total. The maximum absolute atomic E-state index is 12.4. The third kappa shape index (κ3) is 13.8. The van der Waals surface area contributed by atoms with Gasteiger partial charge in [-0.05, 0) is 44.9 Å². The Labute approximate surface area is 283 Å². The molecule has 0 spiro atoms. The topological polar surface area (TPSA) is 228 Å². The van der Waals surface area contributed by atoms with Crippen LogP contribution in [0.4, 0.5) is 0 Å². The molecular formula is C34H59NO13. The molecular weight excluding hydrogens is 630 g/mol. The molecule has 12 unspecified atom stereocenters. The van der Waals surface area contributed by atoms with Crippen molar-refractivity contribution in [2.45, 2.75) is 152 Å². The predicted molar refractivity (Wildman–Crippen MR) is 175 cm³/mol. The zero-order valence-corrected chi connectivity index (χ0v) is 28.2. The van der Waals surface area contributed by atoms with Gasteiger partial charge in [-0.1, -0.05) is 63.1 Å². The zero-order chi connectivity index (χ0) is 35.5. The first-order valence-corrected chi connectivity index (χ1v) is 17.2. The molecule has 0 aromatic carbocycles. The van der Waals surface area contributed by atoms with E-state index in [1.165, 1.54) is 19.3 Å². The highest BCUT2D eigenvalue weighted by molar-refractivity contribution is 5.76. The molecule has 0 radical (unpaired) electrons. The summed E-state index contributed by atoms with van der Waals surface area (Å²) in [6.07, 6.45) is 4.02. The molecule has 0 saturated carbocycles. The average Bonchev–Trinajstić information content (AvgIpc) is 3.07. The van der Waals surface area contributed by atoms with Gasteiger partial charge in [-0.15, -0.1) is 0 Å². The van der Waals surface area contributed by atoms with Crippen LogP contribution in [0.3, 0.4) is 0 Å². The number of aliphatic hydroxyl groups excluding tert-OH is 8. The Bertz CT molecular complexity index is 961. The number of unbranched alkanes of at least 4 members (excludes halogenated alkanes) is 5. The Balaban J connectivity index is 1.93. The van der Waals surface area contributed by atoms with Crippen LogP contribution in [0.1, 0.15) is 78.1 Å². The van der Waals surface area contributed by atoms with E-state index in [1.807, 2.05) is 6.92 Å². The number of carbonyl (C=O) groups excluding carboxylic acids is 1. The van der Waals surface area contributed by atoms with Crippen LogP contribution >= 0.6 is 0 Å². The fourth-order valence-electron chi connectivity index (χ4n) is 5.36. The van der Waals surface area contributed by atoms with Gasteiger partial charge in [0, 0.05) is 6.42 Å². The van der Waals surface area contributed by atoms with Crippen LogP contribution in [0.2, 0.25) is 0 Å². The molecule has 0 aromatic rings. The number of hydrogen-bond donors (Lipinski definition) is 9. The molecule has 2 aliphatic heterocycles. The highest BCUT2D eigenvalue weighted by atomic mass is 16.7. The van der Waals surface area contributed by atoms with Crippen molar-refractivity contribution in [3.63, 3.8) is 0 Å². The van der Waals surface area contributed by atoms with Gasteiger partial charge >= 0.3 is 0 Å². The van der Waals surface area contributed by atoms with Crippen molar-refractivity contribution in [1.82, 2.24) is 5.32 Å². The molecule has 0 bridgehead atoms. The number of amides is 1. The second kappa shape index (κ2) is 23.6. The Hall–Kier alpha value is -1.79. The highest BCUT2D eigenvalue weighted by Crippen LogP contribution is 2.29. The molecule has 12 atom stereocenters. The van der Waals surface area contributed by atoms with Crippen molar-refractivity contribution in [3.05, 3.63) is 36.5 Å². The predicted octanol–water partition coefficient (Wildman–Crippen LogP) is 0.0822. The molecule has 2 saturated heterocycles. The SMILES string of the molecule is CCCCC/C=C/CC/C=C/CC/C=C/C(O)C(COC1OC(CO)C(OC2OC(CO)C(O)C(O)C2O)C(O)C1O)NC(=O)CCC. The van der Waals surface area contributed by atoms with Gasteiger partial charge in [-0.2, -0.15) is 0 Å². The lowest BCUT2D eigenvalue weighted by Gasteiger charge is -2.46. The van der Waals surface area contributed by atoms with Crippen molar-refractivity contribution in [1.29, 1.82) is 0 Å². The highest BCUT2D eigenvalue weighted by Gasteiger charge is 2.50. The molecule has 0 aliphatic carbocycles. The Morgan fingerprint density at radius 1 is 0.729 bits per heavy atom. The second-order valence-corrected chi connectivity index (χ2v) is 12.3. The molecule has 2 heterocycles. The van der Waals surface area contributed by atoms with Crippen molar-refractivity contribution >= 4 is 5.91 Å². The quantitative estimate of drug-likeness (QED) is 0.0543. The first kappa shape index (κ1) is 42.4. The number of hydrogen-bond acceptors (Lipinski definition) is 13. The summed E-state index contributed by atoms with van der Waals surface area (Å²) in [4.78, 5) is 12.4. The summed E-state index contributed by atoms with van der Waals surface area (Å²) in [5.41, 5.74) is 0. The lowest BCUT2D eigenvalue weighted by molar-refractivity contribution is -0.359. The van der Waals surface area contributed by atoms with Crippen LogP contribution in [-0.4, -0.2) is 140 Å². The lowest BCUT2D eigenvalue weighted by atomic mass is 9.97. The molecule has 0 aromatic heterocycles. The number of aliphatic hydroxyl groups is 8. The van der Waals surface area contributed by atoms with E-state index < -0.39 is 86.8 Å². The zero-order valence-electron chi connectivity index (χ0n) is 28.2. The number of carbonyl (C=O) groups is 1. The summed E-state index contributed by atoms with van der Waals surface area (Å²) in [6, 6.07) is -0.927. The molecule has 14 nitrogen and oxygen atoms in total. The van der Waals surface area contributed by atoms with Crippen LogP contribution in [0, 0.1) is 0 Å². The van der Waals surface area contributed by atoms with E-state index in [9.17, 15) is 45.6 Å². The minimum Gasteiger partial charge on any atom is -0.394 e. The van der Waals surface area contributed by atoms with Gasteiger partial charge in [0.25, 0.3) is 0 Å². The van der Waals surface area contributed by atoms with Gasteiger partial charge in [-0.3, -0.25) is 4.79 Å². The lowest BCUT2D eigenvalue weighted by Crippen LogP contribution is -2.65. The number of nitrogens with one attached hydrogen (secondary N) is 1. The van der Waals surface area contributed by atoms with Gasteiger partial charge in [-0.25, -0.2) is 0 Å². The number of rotatable bonds is 22. The van der Waals surface area contributed by atoms with Gasteiger partial charge in [0.15, 0.2) is 12.6 Å². The van der Waals surface area contributed by atoms with E-state index in [0.29, 0.717) is 12.8 Å². The first-order chi connectivity index (χ1) is 23.1. The monoisotopic (exact) mass is 689 g/mol. The summed E-state index contributed by atoms with van der Waals surface area (Å²) in [7, 11) is 0. The molecule has 2 aliphatic rings.